The van der Waals surface area contributed by atoms with Crippen molar-refractivity contribution < 1.29 is 8.91 Å². The third-order valence-electron chi connectivity index (χ3n) is 2.35. The smallest absolute Gasteiger partial charge is 0.229 e. The molecule has 1 aromatic heterocycles. The molecule has 84 valence electrons. The number of rotatable bonds is 3. The fourth-order valence-electron chi connectivity index (χ4n) is 1.66. The van der Waals surface area contributed by atoms with Gasteiger partial charge in [0, 0.05) is 6.42 Å². The van der Waals surface area contributed by atoms with Gasteiger partial charge in [-0.3, -0.25) is 0 Å². The van der Waals surface area contributed by atoms with Crippen LogP contribution in [0.25, 0.3) is 11.1 Å². The molecule has 0 saturated carbocycles. The average Bonchev–Trinajstić information content (AvgIpc) is 2.64. The lowest BCUT2D eigenvalue weighted by Gasteiger charge is -2.04. The van der Waals surface area contributed by atoms with Crippen LogP contribution in [0.2, 0.25) is 0 Å². The van der Waals surface area contributed by atoms with E-state index in [0.717, 1.165) is 16.7 Å². The van der Waals surface area contributed by atoms with Crippen LogP contribution in [0.3, 0.4) is 0 Å². The summed E-state index contributed by atoms with van der Waals surface area (Å²) in [5.41, 5.74) is 8.20. The summed E-state index contributed by atoms with van der Waals surface area (Å²) in [7, 11) is 0. The van der Waals surface area contributed by atoms with Crippen molar-refractivity contribution in [2.24, 2.45) is 0 Å². The van der Waals surface area contributed by atoms with E-state index in [1.54, 1.807) is 13.1 Å². The third-order valence-corrected chi connectivity index (χ3v) is 2.35. The Bertz CT molecular complexity index is 479. The summed E-state index contributed by atoms with van der Waals surface area (Å²) >= 11 is 0. The highest BCUT2D eigenvalue weighted by Crippen LogP contribution is 2.26. The van der Waals surface area contributed by atoms with E-state index >= 15 is 0 Å². The van der Waals surface area contributed by atoms with Gasteiger partial charge in [0.1, 0.15) is 6.17 Å². The van der Waals surface area contributed by atoms with Crippen LogP contribution in [0.15, 0.2) is 35.0 Å². The van der Waals surface area contributed by atoms with Crippen LogP contribution in [0.4, 0.5) is 10.3 Å². The van der Waals surface area contributed by atoms with Crippen molar-refractivity contribution in [2.75, 3.05) is 5.73 Å². The van der Waals surface area contributed by atoms with Gasteiger partial charge in [0.2, 0.25) is 5.88 Å². The van der Waals surface area contributed by atoms with Gasteiger partial charge in [-0.05, 0) is 18.1 Å². The minimum atomic E-state index is -0.852. The van der Waals surface area contributed by atoms with Gasteiger partial charge < -0.3 is 10.3 Å². The second-order valence-electron chi connectivity index (χ2n) is 3.79. The molecule has 0 aliphatic heterocycles. The van der Waals surface area contributed by atoms with Crippen molar-refractivity contribution in [1.29, 1.82) is 0 Å². The molecule has 4 heteroatoms. The Morgan fingerprint density at radius 3 is 2.94 bits per heavy atom. The van der Waals surface area contributed by atoms with Crippen LogP contribution in [-0.2, 0) is 6.42 Å². The Hall–Kier alpha value is -1.84. The fourth-order valence-corrected chi connectivity index (χ4v) is 1.66. The molecule has 0 fully saturated rings. The highest BCUT2D eigenvalue weighted by atomic mass is 19.1. The second-order valence-corrected chi connectivity index (χ2v) is 3.79. The number of nitrogens with zero attached hydrogens (tertiary/aromatic N) is 1. The first kappa shape index (κ1) is 10.7. The molecule has 2 N–H and O–H groups in total. The zero-order chi connectivity index (χ0) is 11.5. The summed E-state index contributed by atoms with van der Waals surface area (Å²) in [6.45, 7) is 1.54. The molecule has 1 heterocycles. The first-order valence-corrected chi connectivity index (χ1v) is 5.10. The first-order chi connectivity index (χ1) is 7.66. The molecule has 0 radical (unpaired) electrons. The molecule has 16 heavy (non-hydrogen) atoms. The SMILES string of the molecule is CC(F)Cc1cccc(-c2cnoc2N)c1. The lowest BCUT2D eigenvalue weighted by atomic mass is 10.0. The summed E-state index contributed by atoms with van der Waals surface area (Å²) in [5.74, 6) is 0.283. The van der Waals surface area contributed by atoms with E-state index < -0.39 is 6.17 Å². The van der Waals surface area contributed by atoms with Crippen LogP contribution in [0.5, 0.6) is 0 Å². The van der Waals surface area contributed by atoms with Crippen molar-refractivity contribution in [1.82, 2.24) is 5.16 Å². The molecule has 2 aromatic rings. The number of halogens is 1. The summed E-state index contributed by atoms with van der Waals surface area (Å²) in [6, 6.07) is 7.57. The van der Waals surface area contributed by atoms with Gasteiger partial charge in [0.15, 0.2) is 0 Å². The highest BCUT2D eigenvalue weighted by molar-refractivity contribution is 5.72. The average molecular weight is 220 g/mol. The number of benzene rings is 1. The van der Waals surface area contributed by atoms with Gasteiger partial charge >= 0.3 is 0 Å². The Balaban J connectivity index is 2.33. The quantitative estimate of drug-likeness (QED) is 0.865. The highest BCUT2D eigenvalue weighted by Gasteiger charge is 2.08. The normalized spacial score (nSPS) is 12.6. The molecule has 0 amide bonds. The predicted octanol–water partition coefficient (Wildman–Crippen LogP) is 2.82. The standard InChI is InChI=1S/C12H13FN2O/c1-8(13)5-9-3-2-4-10(6-9)11-7-15-16-12(11)14/h2-4,6-8H,5,14H2,1H3. The van der Waals surface area contributed by atoms with Crippen molar-refractivity contribution >= 4 is 5.88 Å². The van der Waals surface area contributed by atoms with E-state index in [-0.39, 0.29) is 5.88 Å². The number of hydrogen-bond acceptors (Lipinski definition) is 3. The largest absolute Gasteiger partial charge is 0.367 e. The number of nitrogens with two attached hydrogens (primary N) is 1. The molecule has 1 aromatic carbocycles. The molecule has 0 bridgehead atoms. The molecular weight excluding hydrogens is 207 g/mol. The fraction of sp³-hybridized carbons (Fsp3) is 0.250. The van der Waals surface area contributed by atoms with E-state index in [9.17, 15) is 4.39 Å². The van der Waals surface area contributed by atoms with Crippen molar-refractivity contribution in [3.63, 3.8) is 0 Å². The van der Waals surface area contributed by atoms with Gasteiger partial charge in [0.25, 0.3) is 0 Å². The molecule has 0 saturated heterocycles. The molecular formula is C12H13FN2O. The zero-order valence-electron chi connectivity index (χ0n) is 8.98. The van der Waals surface area contributed by atoms with Crippen LogP contribution in [0, 0.1) is 0 Å². The van der Waals surface area contributed by atoms with E-state index in [4.69, 9.17) is 10.3 Å². The lowest BCUT2D eigenvalue weighted by molar-refractivity contribution is 0.360. The minimum Gasteiger partial charge on any atom is -0.367 e. The molecule has 0 aliphatic carbocycles. The van der Waals surface area contributed by atoms with Gasteiger partial charge in [-0.2, -0.15) is 0 Å². The second kappa shape index (κ2) is 4.35. The van der Waals surface area contributed by atoms with E-state index in [1.807, 2.05) is 24.3 Å². The maximum Gasteiger partial charge on any atom is 0.229 e. The molecule has 1 unspecified atom stereocenters. The zero-order valence-corrected chi connectivity index (χ0v) is 8.98. The number of hydrogen-bond donors (Lipinski definition) is 1. The Morgan fingerprint density at radius 2 is 2.31 bits per heavy atom. The Labute approximate surface area is 93.1 Å². The van der Waals surface area contributed by atoms with Crippen LogP contribution < -0.4 is 5.73 Å². The number of anilines is 1. The topological polar surface area (TPSA) is 52.0 Å². The van der Waals surface area contributed by atoms with Gasteiger partial charge in [-0.15, -0.1) is 0 Å². The Kier molecular flexibility index (Phi) is 2.90. The summed E-state index contributed by atoms with van der Waals surface area (Å²) in [5, 5.41) is 3.61. The summed E-state index contributed by atoms with van der Waals surface area (Å²) in [4.78, 5) is 0. The van der Waals surface area contributed by atoms with Gasteiger partial charge in [-0.25, -0.2) is 4.39 Å². The first-order valence-electron chi connectivity index (χ1n) is 5.10. The summed E-state index contributed by atoms with van der Waals surface area (Å²) < 4.78 is 17.7. The number of nitrogen functional groups attached to an aromatic ring is 1. The molecule has 1 atom stereocenters. The van der Waals surface area contributed by atoms with Crippen molar-refractivity contribution in [3.05, 3.63) is 36.0 Å². The third kappa shape index (κ3) is 2.21. The number of aromatic nitrogens is 1. The molecule has 0 aliphatic rings. The maximum atomic E-state index is 12.9. The molecule has 2 rings (SSSR count). The lowest BCUT2D eigenvalue weighted by Crippen LogP contribution is -1.98. The van der Waals surface area contributed by atoms with Crippen LogP contribution in [-0.4, -0.2) is 11.3 Å². The maximum absolute atomic E-state index is 12.9. The van der Waals surface area contributed by atoms with Gasteiger partial charge in [0.05, 0.1) is 11.8 Å². The number of alkyl halides is 1. The minimum absolute atomic E-state index is 0.283. The van der Waals surface area contributed by atoms with Crippen molar-refractivity contribution in [2.45, 2.75) is 19.5 Å². The molecule has 0 spiro atoms. The van der Waals surface area contributed by atoms with Gasteiger partial charge in [-0.1, -0.05) is 29.4 Å². The van der Waals surface area contributed by atoms with Crippen LogP contribution in [0.1, 0.15) is 12.5 Å². The van der Waals surface area contributed by atoms with Crippen molar-refractivity contribution in [3.8, 4) is 11.1 Å². The van der Waals surface area contributed by atoms with E-state index in [2.05, 4.69) is 5.16 Å². The predicted molar refractivity (Wildman–Crippen MR) is 60.6 cm³/mol. The summed E-state index contributed by atoms with van der Waals surface area (Å²) in [6.07, 6.45) is 1.11. The van der Waals surface area contributed by atoms with E-state index in [1.165, 1.54) is 0 Å². The Morgan fingerprint density at radius 1 is 1.50 bits per heavy atom. The molecule has 3 nitrogen and oxygen atoms in total. The van der Waals surface area contributed by atoms with Crippen LogP contribution >= 0.6 is 0 Å². The monoisotopic (exact) mass is 220 g/mol. The van der Waals surface area contributed by atoms with E-state index in [0.29, 0.717) is 6.42 Å².